The van der Waals surface area contributed by atoms with E-state index < -0.39 is 11.4 Å². The highest BCUT2D eigenvalue weighted by Gasteiger charge is 2.43. The lowest BCUT2D eigenvalue weighted by atomic mass is 9.90. The standard InChI is InChI=1S/C15H18N2O3/c1-15(14(19)20)6-7-17(9-15)13(18)12-8-10-4-2-3-5-11(10)16-12/h2-5,12,16H,6-9H2,1H3,(H,19,20)/t12-,15?/m0/s1. The fourth-order valence-electron chi connectivity index (χ4n) is 2.99. The topological polar surface area (TPSA) is 69.6 Å². The highest BCUT2D eigenvalue weighted by atomic mass is 16.4. The van der Waals surface area contributed by atoms with Crippen molar-refractivity contribution in [2.24, 2.45) is 5.41 Å². The Hall–Kier alpha value is -2.04. The Morgan fingerprint density at radius 2 is 2.15 bits per heavy atom. The van der Waals surface area contributed by atoms with E-state index in [0.29, 0.717) is 25.9 Å². The van der Waals surface area contributed by atoms with Crippen LogP contribution in [0.4, 0.5) is 5.69 Å². The average molecular weight is 274 g/mol. The zero-order chi connectivity index (χ0) is 14.3. The Labute approximate surface area is 117 Å². The van der Waals surface area contributed by atoms with E-state index in [0.717, 1.165) is 11.3 Å². The predicted octanol–water partition coefficient (Wildman–Crippen LogP) is 1.35. The molecule has 3 rings (SSSR count). The summed E-state index contributed by atoms with van der Waals surface area (Å²) < 4.78 is 0. The van der Waals surface area contributed by atoms with Crippen molar-refractivity contribution < 1.29 is 14.7 Å². The molecule has 20 heavy (non-hydrogen) atoms. The molecule has 0 aromatic heterocycles. The smallest absolute Gasteiger partial charge is 0.311 e. The van der Waals surface area contributed by atoms with Crippen LogP contribution in [0, 0.1) is 5.41 Å². The van der Waals surface area contributed by atoms with Gasteiger partial charge in [-0.15, -0.1) is 0 Å². The van der Waals surface area contributed by atoms with Gasteiger partial charge in [-0.1, -0.05) is 18.2 Å². The van der Waals surface area contributed by atoms with Crippen molar-refractivity contribution in [2.45, 2.75) is 25.8 Å². The van der Waals surface area contributed by atoms with Crippen LogP contribution in [0.3, 0.4) is 0 Å². The number of aliphatic carboxylic acids is 1. The molecule has 1 unspecified atom stereocenters. The van der Waals surface area contributed by atoms with Crippen LogP contribution in [0.5, 0.6) is 0 Å². The molecule has 1 aromatic rings. The van der Waals surface area contributed by atoms with Crippen molar-refractivity contribution >= 4 is 17.6 Å². The minimum Gasteiger partial charge on any atom is -0.481 e. The number of carboxylic acids is 1. The second kappa shape index (κ2) is 4.51. The molecule has 0 aliphatic carbocycles. The van der Waals surface area contributed by atoms with E-state index in [1.807, 2.05) is 24.3 Å². The van der Waals surface area contributed by atoms with Gasteiger partial charge in [0.05, 0.1) is 5.41 Å². The van der Waals surface area contributed by atoms with Gasteiger partial charge in [0.1, 0.15) is 6.04 Å². The lowest BCUT2D eigenvalue weighted by Gasteiger charge is -2.23. The Morgan fingerprint density at radius 1 is 1.40 bits per heavy atom. The number of nitrogens with zero attached hydrogens (tertiary/aromatic N) is 1. The average Bonchev–Trinajstić information content (AvgIpc) is 3.02. The van der Waals surface area contributed by atoms with E-state index in [9.17, 15) is 14.7 Å². The molecule has 2 heterocycles. The first kappa shape index (κ1) is 13.0. The normalized spacial score (nSPS) is 28.1. The van der Waals surface area contributed by atoms with Crippen LogP contribution in [0.15, 0.2) is 24.3 Å². The number of nitrogens with one attached hydrogen (secondary N) is 1. The molecule has 2 aliphatic heterocycles. The molecule has 5 heteroatoms. The molecule has 0 bridgehead atoms. The van der Waals surface area contributed by atoms with Gasteiger partial charge in [0.25, 0.3) is 0 Å². The highest BCUT2D eigenvalue weighted by molar-refractivity contribution is 5.88. The number of carbonyl (C=O) groups is 2. The van der Waals surface area contributed by atoms with E-state index in [2.05, 4.69) is 5.32 Å². The van der Waals surface area contributed by atoms with E-state index in [1.165, 1.54) is 0 Å². The van der Waals surface area contributed by atoms with Crippen molar-refractivity contribution in [3.8, 4) is 0 Å². The van der Waals surface area contributed by atoms with Gasteiger partial charge in [-0.25, -0.2) is 0 Å². The highest BCUT2D eigenvalue weighted by Crippen LogP contribution is 2.32. The summed E-state index contributed by atoms with van der Waals surface area (Å²) in [5.41, 5.74) is 1.35. The number of fused-ring (bicyclic) bond motifs is 1. The monoisotopic (exact) mass is 274 g/mol. The number of para-hydroxylation sites is 1. The fourth-order valence-corrected chi connectivity index (χ4v) is 2.99. The van der Waals surface area contributed by atoms with Crippen LogP contribution in [0.25, 0.3) is 0 Å². The Kier molecular flexibility index (Phi) is 2.92. The first-order valence-electron chi connectivity index (χ1n) is 6.86. The molecule has 106 valence electrons. The lowest BCUT2D eigenvalue weighted by Crippen LogP contribution is -2.42. The van der Waals surface area contributed by atoms with Gasteiger partial charge in [-0.05, 0) is 25.0 Å². The van der Waals surface area contributed by atoms with Gasteiger partial charge in [0, 0.05) is 25.2 Å². The number of carboxylic acid groups (broad SMARTS) is 1. The van der Waals surface area contributed by atoms with E-state index in [1.54, 1.807) is 11.8 Å². The summed E-state index contributed by atoms with van der Waals surface area (Å²) in [4.78, 5) is 25.4. The van der Waals surface area contributed by atoms with Gasteiger partial charge < -0.3 is 15.3 Å². The van der Waals surface area contributed by atoms with E-state index >= 15 is 0 Å². The number of rotatable bonds is 2. The Morgan fingerprint density at radius 3 is 2.80 bits per heavy atom. The molecule has 5 nitrogen and oxygen atoms in total. The summed E-state index contributed by atoms with van der Waals surface area (Å²) in [7, 11) is 0. The first-order valence-corrected chi connectivity index (χ1v) is 6.86. The second-order valence-corrected chi connectivity index (χ2v) is 5.93. The van der Waals surface area contributed by atoms with Gasteiger partial charge >= 0.3 is 5.97 Å². The molecule has 1 fully saturated rings. The van der Waals surface area contributed by atoms with Crippen molar-refractivity contribution in [1.82, 2.24) is 4.90 Å². The van der Waals surface area contributed by atoms with Crippen molar-refractivity contribution in [3.63, 3.8) is 0 Å². The van der Waals surface area contributed by atoms with Gasteiger partial charge in [0.2, 0.25) is 5.91 Å². The molecule has 2 aliphatic rings. The Balaban J connectivity index is 1.69. The molecule has 0 spiro atoms. The summed E-state index contributed by atoms with van der Waals surface area (Å²) in [6.45, 7) is 2.53. The summed E-state index contributed by atoms with van der Waals surface area (Å²) in [6.07, 6.45) is 1.20. The van der Waals surface area contributed by atoms with Crippen LogP contribution in [-0.2, 0) is 16.0 Å². The largest absolute Gasteiger partial charge is 0.481 e. The summed E-state index contributed by atoms with van der Waals surface area (Å²) in [5, 5.41) is 12.5. The van der Waals surface area contributed by atoms with Crippen molar-refractivity contribution in [1.29, 1.82) is 0 Å². The first-order chi connectivity index (χ1) is 9.49. The third kappa shape index (κ3) is 2.03. The number of likely N-dealkylation sites (tertiary alicyclic amines) is 1. The minimum atomic E-state index is -0.824. The van der Waals surface area contributed by atoms with Crippen LogP contribution in [0.1, 0.15) is 18.9 Å². The fraction of sp³-hybridized carbons (Fsp3) is 0.467. The molecule has 2 N–H and O–H groups in total. The zero-order valence-electron chi connectivity index (χ0n) is 11.4. The molecule has 2 atom stereocenters. The Bertz CT molecular complexity index is 547. The van der Waals surface area contributed by atoms with E-state index in [-0.39, 0.29) is 11.9 Å². The summed E-state index contributed by atoms with van der Waals surface area (Å²) >= 11 is 0. The second-order valence-electron chi connectivity index (χ2n) is 5.93. The minimum absolute atomic E-state index is 0.00572. The lowest BCUT2D eigenvalue weighted by molar-refractivity contribution is -0.147. The number of benzene rings is 1. The van der Waals surface area contributed by atoms with E-state index in [4.69, 9.17) is 0 Å². The molecule has 1 aromatic carbocycles. The number of carbonyl (C=O) groups excluding carboxylic acids is 1. The van der Waals surface area contributed by atoms with Crippen LogP contribution in [-0.4, -0.2) is 41.0 Å². The number of hydrogen-bond donors (Lipinski definition) is 2. The molecular weight excluding hydrogens is 256 g/mol. The predicted molar refractivity (Wildman–Crippen MR) is 74.5 cm³/mol. The quantitative estimate of drug-likeness (QED) is 0.854. The molecule has 1 amide bonds. The third-order valence-corrected chi connectivity index (χ3v) is 4.37. The van der Waals surface area contributed by atoms with Gasteiger partial charge in [-0.2, -0.15) is 0 Å². The molecule has 0 saturated carbocycles. The van der Waals surface area contributed by atoms with Crippen LogP contribution in [0.2, 0.25) is 0 Å². The van der Waals surface area contributed by atoms with Gasteiger partial charge in [-0.3, -0.25) is 9.59 Å². The van der Waals surface area contributed by atoms with Crippen LogP contribution >= 0.6 is 0 Å². The molecule has 1 saturated heterocycles. The summed E-state index contributed by atoms with van der Waals surface area (Å²) in [6, 6.07) is 7.62. The number of hydrogen-bond acceptors (Lipinski definition) is 3. The zero-order valence-corrected chi connectivity index (χ0v) is 11.4. The van der Waals surface area contributed by atoms with Gasteiger partial charge in [0.15, 0.2) is 0 Å². The maximum absolute atomic E-state index is 12.5. The molecular formula is C15H18N2O3. The van der Waals surface area contributed by atoms with Crippen molar-refractivity contribution in [2.75, 3.05) is 18.4 Å². The van der Waals surface area contributed by atoms with Crippen LogP contribution < -0.4 is 5.32 Å². The number of anilines is 1. The summed E-state index contributed by atoms with van der Waals surface area (Å²) in [5.74, 6) is -0.818. The third-order valence-electron chi connectivity index (χ3n) is 4.37. The maximum Gasteiger partial charge on any atom is 0.311 e. The maximum atomic E-state index is 12.5. The SMILES string of the molecule is CC1(C(=O)O)CCN(C(=O)[C@@H]2Cc3ccccc3N2)C1. The van der Waals surface area contributed by atoms with Crippen molar-refractivity contribution in [3.05, 3.63) is 29.8 Å². The molecule has 0 radical (unpaired) electrons. The number of amides is 1.